The highest BCUT2D eigenvalue weighted by molar-refractivity contribution is 7.87. The second-order valence-electron chi connectivity index (χ2n) is 4.89. The third-order valence-electron chi connectivity index (χ3n) is 3.10. The van der Waals surface area contributed by atoms with Crippen molar-refractivity contribution < 1.29 is 13.2 Å². The van der Waals surface area contributed by atoms with Crippen LogP contribution >= 0.6 is 0 Å². The molecule has 0 saturated carbocycles. The van der Waals surface area contributed by atoms with Crippen LogP contribution in [0.4, 0.5) is 0 Å². The fourth-order valence-corrected chi connectivity index (χ4v) is 3.95. The van der Waals surface area contributed by atoms with Crippen molar-refractivity contribution in [2.24, 2.45) is 0 Å². The minimum absolute atomic E-state index is 0.0217. The quantitative estimate of drug-likeness (QED) is 0.706. The summed E-state index contributed by atoms with van der Waals surface area (Å²) >= 11 is 0. The normalized spacial score (nSPS) is 36.2. The van der Waals surface area contributed by atoms with Crippen LogP contribution < -0.4 is 10.0 Å². The number of rotatable bonds is 3. The van der Waals surface area contributed by atoms with E-state index >= 15 is 0 Å². The Morgan fingerprint density at radius 2 is 1.94 bits per heavy atom. The van der Waals surface area contributed by atoms with Gasteiger partial charge in [0.2, 0.25) is 0 Å². The minimum Gasteiger partial charge on any atom is -0.373 e. The molecule has 0 aromatic carbocycles. The maximum Gasteiger partial charge on any atom is 0.279 e. The van der Waals surface area contributed by atoms with Gasteiger partial charge in [0.15, 0.2) is 0 Å². The molecule has 2 aliphatic heterocycles. The van der Waals surface area contributed by atoms with Gasteiger partial charge < -0.3 is 10.1 Å². The molecule has 2 saturated heterocycles. The molecule has 0 spiro atoms. The summed E-state index contributed by atoms with van der Waals surface area (Å²) in [5, 5.41) is 3.15. The Kier molecular flexibility index (Phi) is 4.04. The van der Waals surface area contributed by atoms with E-state index in [1.165, 1.54) is 4.31 Å². The van der Waals surface area contributed by atoms with Gasteiger partial charge in [-0.25, -0.2) is 0 Å². The molecule has 0 unspecified atom stereocenters. The third kappa shape index (κ3) is 3.38. The molecule has 0 radical (unpaired) electrons. The van der Waals surface area contributed by atoms with Crippen molar-refractivity contribution in [2.45, 2.75) is 38.5 Å². The zero-order valence-corrected chi connectivity index (χ0v) is 11.2. The number of nitrogens with one attached hydrogen (secondary N) is 2. The summed E-state index contributed by atoms with van der Waals surface area (Å²) < 4.78 is 34.1. The average Bonchev–Trinajstić information content (AvgIpc) is 2.68. The molecule has 0 aliphatic carbocycles. The van der Waals surface area contributed by atoms with Crippen LogP contribution in [0.5, 0.6) is 0 Å². The first kappa shape index (κ1) is 13.2. The van der Waals surface area contributed by atoms with E-state index in [1.807, 2.05) is 13.8 Å². The van der Waals surface area contributed by atoms with Crippen LogP contribution in [0.15, 0.2) is 0 Å². The Balaban J connectivity index is 1.98. The molecule has 0 aromatic rings. The van der Waals surface area contributed by atoms with E-state index in [0.717, 1.165) is 13.0 Å². The average molecular weight is 263 g/mol. The minimum atomic E-state index is -3.37. The van der Waals surface area contributed by atoms with Gasteiger partial charge >= 0.3 is 0 Å². The van der Waals surface area contributed by atoms with Crippen molar-refractivity contribution in [1.82, 2.24) is 14.3 Å². The number of nitrogens with zero attached hydrogens (tertiary/aromatic N) is 1. The summed E-state index contributed by atoms with van der Waals surface area (Å²) in [6.07, 6.45) is 0.767. The van der Waals surface area contributed by atoms with Gasteiger partial charge in [0.1, 0.15) is 0 Å². The van der Waals surface area contributed by atoms with E-state index in [1.54, 1.807) is 0 Å². The summed E-state index contributed by atoms with van der Waals surface area (Å²) in [5.41, 5.74) is 0. The van der Waals surface area contributed by atoms with Gasteiger partial charge in [0.05, 0.1) is 12.2 Å². The lowest BCUT2D eigenvalue weighted by molar-refractivity contribution is -0.0444. The zero-order chi connectivity index (χ0) is 12.5. The van der Waals surface area contributed by atoms with Crippen LogP contribution in [-0.4, -0.2) is 57.2 Å². The monoisotopic (exact) mass is 263 g/mol. The molecular weight excluding hydrogens is 242 g/mol. The maximum atomic E-state index is 12.2. The van der Waals surface area contributed by atoms with E-state index in [4.69, 9.17) is 4.74 Å². The SMILES string of the molecule is C[C@@H]1CN(S(=O)(=O)N[C@H]2CCNC2)C[C@@H](C)O1. The Hall–Kier alpha value is -0.210. The molecule has 2 rings (SSSR count). The number of hydrogen-bond donors (Lipinski definition) is 2. The summed E-state index contributed by atoms with van der Waals surface area (Å²) in [6.45, 7) is 6.25. The molecule has 6 nitrogen and oxygen atoms in total. The number of ether oxygens (including phenoxy) is 1. The lowest BCUT2D eigenvalue weighted by atomic mass is 10.3. The summed E-state index contributed by atoms with van der Waals surface area (Å²) in [7, 11) is -3.37. The molecule has 0 aromatic heterocycles. The lowest BCUT2D eigenvalue weighted by Gasteiger charge is -2.34. The fourth-order valence-electron chi connectivity index (χ4n) is 2.37. The van der Waals surface area contributed by atoms with Gasteiger partial charge in [-0.2, -0.15) is 17.4 Å². The fraction of sp³-hybridized carbons (Fsp3) is 1.00. The Morgan fingerprint density at radius 3 is 2.47 bits per heavy atom. The molecule has 2 aliphatic rings. The maximum absolute atomic E-state index is 12.2. The van der Waals surface area contributed by atoms with Crippen LogP contribution in [-0.2, 0) is 14.9 Å². The highest BCUT2D eigenvalue weighted by Gasteiger charge is 2.32. The van der Waals surface area contributed by atoms with Crippen molar-refractivity contribution in [1.29, 1.82) is 0 Å². The van der Waals surface area contributed by atoms with Crippen molar-refractivity contribution in [2.75, 3.05) is 26.2 Å². The highest BCUT2D eigenvalue weighted by Crippen LogP contribution is 2.14. The molecule has 17 heavy (non-hydrogen) atoms. The molecule has 100 valence electrons. The van der Waals surface area contributed by atoms with Gasteiger partial charge in [-0.1, -0.05) is 0 Å². The smallest absolute Gasteiger partial charge is 0.279 e. The zero-order valence-electron chi connectivity index (χ0n) is 10.3. The summed E-state index contributed by atoms with van der Waals surface area (Å²) in [4.78, 5) is 0. The van der Waals surface area contributed by atoms with E-state index in [2.05, 4.69) is 10.0 Å². The van der Waals surface area contributed by atoms with Gasteiger partial charge in [-0.05, 0) is 26.8 Å². The van der Waals surface area contributed by atoms with Crippen molar-refractivity contribution in [3.8, 4) is 0 Å². The van der Waals surface area contributed by atoms with Crippen LogP contribution in [0.25, 0.3) is 0 Å². The molecule has 3 atom stereocenters. The predicted molar refractivity (Wildman–Crippen MR) is 64.9 cm³/mol. The lowest BCUT2D eigenvalue weighted by Crippen LogP contribution is -2.53. The van der Waals surface area contributed by atoms with Crippen LogP contribution in [0.1, 0.15) is 20.3 Å². The molecule has 2 N–H and O–H groups in total. The molecular formula is C10H21N3O3S. The first-order chi connectivity index (χ1) is 7.97. The van der Waals surface area contributed by atoms with E-state index < -0.39 is 10.2 Å². The number of hydrogen-bond acceptors (Lipinski definition) is 4. The van der Waals surface area contributed by atoms with Crippen LogP contribution in [0, 0.1) is 0 Å². The van der Waals surface area contributed by atoms with E-state index in [0.29, 0.717) is 19.6 Å². The largest absolute Gasteiger partial charge is 0.373 e. The molecule has 7 heteroatoms. The highest BCUT2D eigenvalue weighted by atomic mass is 32.2. The summed E-state index contributed by atoms with van der Waals surface area (Å²) in [6, 6.07) is 0.0217. The molecule has 2 heterocycles. The Morgan fingerprint density at radius 1 is 1.29 bits per heavy atom. The first-order valence-corrected chi connectivity index (χ1v) is 7.55. The summed E-state index contributed by atoms with van der Waals surface area (Å²) in [5.74, 6) is 0. The standard InChI is InChI=1S/C10H21N3O3S/c1-8-6-13(7-9(2)16-8)17(14,15)12-10-3-4-11-5-10/h8-12H,3-7H2,1-2H3/t8-,9-,10+/m1/s1. The van der Waals surface area contributed by atoms with Gasteiger partial charge in [0, 0.05) is 25.7 Å². The second kappa shape index (κ2) is 5.19. The van der Waals surface area contributed by atoms with Crippen LogP contribution in [0.2, 0.25) is 0 Å². The topological polar surface area (TPSA) is 70.7 Å². The number of morpholine rings is 1. The molecule has 0 bridgehead atoms. The van der Waals surface area contributed by atoms with Crippen molar-refractivity contribution in [3.05, 3.63) is 0 Å². The Labute approximate surface area is 103 Å². The Bertz CT molecular complexity index is 344. The first-order valence-electron chi connectivity index (χ1n) is 6.11. The van der Waals surface area contributed by atoms with Gasteiger partial charge in [0.25, 0.3) is 10.2 Å². The van der Waals surface area contributed by atoms with Crippen molar-refractivity contribution >= 4 is 10.2 Å². The van der Waals surface area contributed by atoms with E-state index in [-0.39, 0.29) is 18.2 Å². The molecule has 0 amide bonds. The van der Waals surface area contributed by atoms with Gasteiger partial charge in [-0.15, -0.1) is 0 Å². The van der Waals surface area contributed by atoms with E-state index in [9.17, 15) is 8.42 Å². The van der Waals surface area contributed by atoms with Gasteiger partial charge in [-0.3, -0.25) is 0 Å². The predicted octanol–water partition coefficient (Wildman–Crippen LogP) is -0.708. The second-order valence-corrected chi connectivity index (χ2v) is 6.59. The van der Waals surface area contributed by atoms with Crippen LogP contribution in [0.3, 0.4) is 0 Å². The molecule has 2 fully saturated rings. The van der Waals surface area contributed by atoms with Crippen molar-refractivity contribution in [3.63, 3.8) is 0 Å². The third-order valence-corrected chi connectivity index (χ3v) is 4.71.